The molecule has 2 aliphatic rings. The van der Waals surface area contributed by atoms with E-state index < -0.39 is 0 Å². The highest BCUT2D eigenvalue weighted by atomic mass is 16.2. The van der Waals surface area contributed by atoms with Gasteiger partial charge in [-0.1, -0.05) is 0 Å². The minimum atomic E-state index is 0.108. The highest BCUT2D eigenvalue weighted by Crippen LogP contribution is 2.34. The fourth-order valence-corrected chi connectivity index (χ4v) is 3.25. The summed E-state index contributed by atoms with van der Waals surface area (Å²) in [5.74, 6) is 0.238. The van der Waals surface area contributed by atoms with Gasteiger partial charge in [-0.25, -0.2) is 0 Å². The van der Waals surface area contributed by atoms with Gasteiger partial charge in [0.1, 0.15) is 0 Å². The van der Waals surface area contributed by atoms with E-state index in [1.54, 1.807) is 0 Å². The summed E-state index contributed by atoms with van der Waals surface area (Å²) < 4.78 is 0. The molecule has 0 spiro atoms. The molecule has 0 aromatic heterocycles. The van der Waals surface area contributed by atoms with Gasteiger partial charge in [0.2, 0.25) is 5.91 Å². The Morgan fingerprint density at radius 1 is 1.37 bits per heavy atom. The Morgan fingerprint density at radius 2 is 2.16 bits per heavy atom. The molecular weight excluding hydrogens is 238 g/mol. The van der Waals surface area contributed by atoms with E-state index in [0.29, 0.717) is 6.42 Å². The molecule has 102 valence electrons. The van der Waals surface area contributed by atoms with E-state index in [1.807, 2.05) is 23.1 Å². The van der Waals surface area contributed by atoms with Crippen LogP contribution in [0.2, 0.25) is 0 Å². The Kier molecular flexibility index (Phi) is 2.78. The van der Waals surface area contributed by atoms with Gasteiger partial charge in [0.25, 0.3) is 0 Å². The normalized spacial score (nSPS) is 25.5. The van der Waals surface area contributed by atoms with Crippen LogP contribution in [-0.2, 0) is 11.2 Å². The van der Waals surface area contributed by atoms with E-state index in [1.165, 1.54) is 5.56 Å². The van der Waals surface area contributed by atoms with Crippen LogP contribution in [0.15, 0.2) is 18.2 Å². The van der Waals surface area contributed by atoms with E-state index in [-0.39, 0.29) is 17.5 Å². The van der Waals surface area contributed by atoms with E-state index >= 15 is 0 Å². The van der Waals surface area contributed by atoms with Crippen LogP contribution in [0.25, 0.3) is 0 Å². The summed E-state index contributed by atoms with van der Waals surface area (Å²) in [6.07, 6.45) is 2.38. The maximum Gasteiger partial charge on any atom is 0.227 e. The second-order valence-corrected chi connectivity index (χ2v) is 6.27. The number of aryl methyl sites for hydroxylation is 1. The molecule has 1 saturated heterocycles. The number of nitrogen functional groups attached to an aromatic ring is 1. The molecule has 4 nitrogen and oxygen atoms in total. The van der Waals surface area contributed by atoms with Gasteiger partial charge in [0.15, 0.2) is 0 Å². The highest BCUT2D eigenvalue weighted by Gasteiger charge is 2.38. The zero-order valence-corrected chi connectivity index (χ0v) is 11.6. The number of fused-ring (bicyclic) bond motifs is 1. The second kappa shape index (κ2) is 4.23. The van der Waals surface area contributed by atoms with Crippen LogP contribution in [-0.4, -0.2) is 24.0 Å². The van der Waals surface area contributed by atoms with Crippen LogP contribution in [0.1, 0.15) is 32.3 Å². The fourth-order valence-electron chi connectivity index (χ4n) is 3.25. The third-order valence-electron chi connectivity index (χ3n) is 4.17. The molecule has 0 aliphatic carbocycles. The maximum atomic E-state index is 12.3. The van der Waals surface area contributed by atoms with Crippen LogP contribution in [0, 0.1) is 0 Å². The van der Waals surface area contributed by atoms with Crippen molar-refractivity contribution < 1.29 is 4.79 Å². The number of nitrogens with one attached hydrogen (secondary N) is 1. The highest BCUT2D eigenvalue weighted by molar-refractivity contribution is 5.97. The van der Waals surface area contributed by atoms with Gasteiger partial charge < -0.3 is 16.0 Å². The summed E-state index contributed by atoms with van der Waals surface area (Å²) in [5.41, 5.74) is 8.98. The molecule has 0 saturated carbocycles. The van der Waals surface area contributed by atoms with Gasteiger partial charge in [0, 0.05) is 29.9 Å². The molecule has 19 heavy (non-hydrogen) atoms. The molecule has 3 N–H and O–H groups in total. The Labute approximate surface area is 114 Å². The number of carbonyl (C=O) groups excluding carboxylic acids is 1. The number of nitrogens with two attached hydrogens (primary N) is 1. The van der Waals surface area contributed by atoms with Gasteiger partial charge in [0.05, 0.1) is 6.04 Å². The quantitative estimate of drug-likeness (QED) is 0.755. The van der Waals surface area contributed by atoms with Gasteiger partial charge in [-0.2, -0.15) is 0 Å². The molecule has 3 rings (SSSR count). The first-order valence-electron chi connectivity index (χ1n) is 6.92. The first-order chi connectivity index (χ1) is 8.96. The summed E-state index contributed by atoms with van der Waals surface area (Å²) in [6, 6.07) is 6.14. The number of carbonyl (C=O) groups is 1. The molecule has 0 bridgehead atoms. The van der Waals surface area contributed by atoms with Crippen LogP contribution in [0.3, 0.4) is 0 Å². The first-order valence-corrected chi connectivity index (χ1v) is 6.92. The SMILES string of the molecule is CC1(C)CC(N2C(=O)CCc3cc(N)ccc32)CN1. The maximum absolute atomic E-state index is 12.3. The van der Waals surface area contributed by atoms with Crippen molar-refractivity contribution in [2.45, 2.75) is 44.7 Å². The Morgan fingerprint density at radius 3 is 2.84 bits per heavy atom. The number of rotatable bonds is 1. The van der Waals surface area contributed by atoms with Crippen molar-refractivity contribution >= 4 is 17.3 Å². The molecule has 2 aliphatic heterocycles. The van der Waals surface area contributed by atoms with Gasteiger partial charge in [-0.15, -0.1) is 0 Å². The topological polar surface area (TPSA) is 58.4 Å². The third kappa shape index (κ3) is 2.21. The second-order valence-electron chi connectivity index (χ2n) is 6.27. The lowest BCUT2D eigenvalue weighted by molar-refractivity contribution is -0.119. The number of hydrogen-bond donors (Lipinski definition) is 2. The molecule has 1 atom stereocenters. The van der Waals surface area contributed by atoms with Crippen molar-refractivity contribution in [1.82, 2.24) is 5.32 Å². The molecule has 0 radical (unpaired) electrons. The average molecular weight is 259 g/mol. The summed E-state index contributed by atoms with van der Waals surface area (Å²) in [5, 5.41) is 3.49. The smallest absolute Gasteiger partial charge is 0.227 e. The molecule has 1 aromatic carbocycles. The monoisotopic (exact) mass is 259 g/mol. The number of anilines is 2. The van der Waals surface area contributed by atoms with Gasteiger partial charge >= 0.3 is 0 Å². The minimum Gasteiger partial charge on any atom is -0.399 e. The third-order valence-corrected chi connectivity index (χ3v) is 4.17. The zero-order chi connectivity index (χ0) is 13.6. The number of hydrogen-bond acceptors (Lipinski definition) is 3. The summed E-state index contributed by atoms with van der Waals surface area (Å²) >= 11 is 0. The zero-order valence-electron chi connectivity index (χ0n) is 11.6. The molecule has 1 fully saturated rings. The molecule has 1 unspecified atom stereocenters. The minimum absolute atomic E-state index is 0.108. The lowest BCUT2D eigenvalue weighted by Gasteiger charge is -2.34. The number of amides is 1. The van der Waals surface area contributed by atoms with Crippen molar-refractivity contribution in [3.8, 4) is 0 Å². The van der Waals surface area contributed by atoms with Crippen molar-refractivity contribution in [3.05, 3.63) is 23.8 Å². The lowest BCUT2D eigenvalue weighted by Crippen LogP contribution is -2.44. The molecule has 2 heterocycles. The van der Waals surface area contributed by atoms with E-state index in [9.17, 15) is 4.79 Å². The predicted molar refractivity (Wildman–Crippen MR) is 77.1 cm³/mol. The fraction of sp³-hybridized carbons (Fsp3) is 0.533. The molecule has 1 aromatic rings. The number of nitrogens with zero attached hydrogens (tertiary/aromatic N) is 1. The van der Waals surface area contributed by atoms with Gasteiger partial charge in [-0.3, -0.25) is 4.79 Å². The van der Waals surface area contributed by atoms with Gasteiger partial charge in [-0.05, 0) is 50.5 Å². The Bertz CT molecular complexity index is 524. The van der Waals surface area contributed by atoms with Crippen molar-refractivity contribution in [2.75, 3.05) is 17.2 Å². The van der Waals surface area contributed by atoms with E-state index in [4.69, 9.17) is 5.73 Å². The van der Waals surface area contributed by atoms with E-state index in [2.05, 4.69) is 19.2 Å². The van der Waals surface area contributed by atoms with Crippen molar-refractivity contribution in [2.24, 2.45) is 0 Å². The van der Waals surface area contributed by atoms with Crippen molar-refractivity contribution in [3.63, 3.8) is 0 Å². The Hall–Kier alpha value is -1.55. The summed E-state index contributed by atoms with van der Waals surface area (Å²) in [7, 11) is 0. The molecule has 4 heteroatoms. The first kappa shape index (κ1) is 12.5. The van der Waals surface area contributed by atoms with Crippen LogP contribution in [0.4, 0.5) is 11.4 Å². The summed E-state index contributed by atoms with van der Waals surface area (Å²) in [4.78, 5) is 14.3. The van der Waals surface area contributed by atoms with Crippen molar-refractivity contribution in [1.29, 1.82) is 0 Å². The standard InChI is InChI=1S/C15H21N3O/c1-15(2)8-12(9-17-15)18-13-5-4-11(16)7-10(13)3-6-14(18)19/h4-5,7,12,17H,3,6,8-9,16H2,1-2H3. The van der Waals surface area contributed by atoms with Crippen LogP contribution in [0.5, 0.6) is 0 Å². The van der Waals surface area contributed by atoms with Crippen LogP contribution < -0.4 is 16.0 Å². The molecule has 1 amide bonds. The summed E-state index contributed by atoms with van der Waals surface area (Å²) in [6.45, 7) is 5.24. The van der Waals surface area contributed by atoms with E-state index in [0.717, 1.165) is 30.8 Å². The number of benzene rings is 1. The molecular formula is C15H21N3O. The predicted octanol–water partition coefficient (Wildman–Crippen LogP) is 1.69. The lowest BCUT2D eigenvalue weighted by atomic mass is 9.95. The average Bonchev–Trinajstić information content (AvgIpc) is 2.69. The largest absolute Gasteiger partial charge is 0.399 e. The van der Waals surface area contributed by atoms with Crippen LogP contribution >= 0.6 is 0 Å². The Balaban J connectivity index is 1.96.